The van der Waals surface area contributed by atoms with Crippen LogP contribution in [0.15, 0.2) is 48.5 Å². The van der Waals surface area contributed by atoms with E-state index in [0.29, 0.717) is 10.7 Å². The predicted octanol–water partition coefficient (Wildman–Crippen LogP) is 2.96. The monoisotopic (exact) mass is 355 g/mol. The van der Waals surface area contributed by atoms with Crippen LogP contribution in [-0.4, -0.2) is 33.0 Å². The summed E-state index contributed by atoms with van der Waals surface area (Å²) < 4.78 is 31.8. The number of carbonyl (C=O) groups excluding carboxylic acids is 1. The highest BCUT2D eigenvalue weighted by atomic mass is 35.5. The molecule has 0 aliphatic rings. The average Bonchev–Trinajstić information content (AvgIpc) is 2.46. The molecule has 1 amide bonds. The molecule has 2 aromatic carbocycles. The number of nitrogens with one attached hydrogen (secondary N) is 1. The minimum Gasteiger partial charge on any atom is -0.322 e. The second-order valence-corrected chi connectivity index (χ2v) is 7.53. The van der Waals surface area contributed by atoms with E-state index in [1.807, 2.05) is 0 Å². The van der Waals surface area contributed by atoms with E-state index in [1.54, 1.807) is 36.4 Å². The zero-order chi connectivity index (χ0) is 17.3. The Morgan fingerprint density at radius 1 is 1.13 bits per heavy atom. The molecule has 8 heteroatoms. The molecule has 0 saturated carbocycles. The van der Waals surface area contributed by atoms with Crippen LogP contribution >= 0.6 is 11.6 Å². The van der Waals surface area contributed by atoms with Crippen LogP contribution in [0.2, 0.25) is 5.02 Å². The molecule has 0 fully saturated rings. The maximum Gasteiger partial charge on any atom is 0.437 e. The maximum absolute atomic E-state index is 12.5. The second kappa shape index (κ2) is 6.29. The summed E-state index contributed by atoms with van der Waals surface area (Å²) in [6.45, 7) is 0. The topological polar surface area (TPSA) is 83.5 Å². The maximum atomic E-state index is 12.5. The number of para-hydroxylation sites is 1. The summed E-state index contributed by atoms with van der Waals surface area (Å²) in [4.78, 5) is 12.5. The van der Waals surface area contributed by atoms with Gasteiger partial charge < -0.3 is 5.32 Å². The molecular formula is C15H16ClN2O4S+. The number of benzene rings is 2. The van der Waals surface area contributed by atoms with Crippen molar-refractivity contribution >= 4 is 39.2 Å². The Bertz CT molecular complexity index is 850. The van der Waals surface area contributed by atoms with E-state index in [2.05, 4.69) is 5.32 Å². The third-order valence-electron chi connectivity index (χ3n) is 3.39. The molecule has 2 aromatic rings. The van der Waals surface area contributed by atoms with Crippen molar-refractivity contribution in [3.8, 4) is 0 Å². The summed E-state index contributed by atoms with van der Waals surface area (Å²) in [6.07, 6.45) is 0. The van der Waals surface area contributed by atoms with E-state index >= 15 is 0 Å². The van der Waals surface area contributed by atoms with Crippen molar-refractivity contribution < 1.29 is 17.8 Å². The average molecular weight is 356 g/mol. The highest BCUT2D eigenvalue weighted by Gasteiger charge is 2.37. The number of nitrogens with zero attached hydrogens (tertiary/aromatic N) is 1. The van der Waals surface area contributed by atoms with Crippen LogP contribution in [-0.2, 0) is 10.3 Å². The van der Waals surface area contributed by atoms with E-state index in [4.69, 9.17) is 11.6 Å². The number of carbonyl (C=O) groups is 1. The fourth-order valence-corrected chi connectivity index (χ4v) is 2.62. The lowest BCUT2D eigenvalue weighted by molar-refractivity contribution is 0.102. The fourth-order valence-electron chi connectivity index (χ4n) is 2.02. The molecule has 0 unspecified atom stereocenters. The summed E-state index contributed by atoms with van der Waals surface area (Å²) >= 11 is 5.87. The van der Waals surface area contributed by atoms with Crippen LogP contribution in [0, 0.1) is 0 Å². The van der Waals surface area contributed by atoms with Gasteiger partial charge in [0, 0.05) is 16.8 Å². The first-order valence-corrected chi connectivity index (χ1v) is 8.38. The normalized spacial score (nSPS) is 12.0. The number of hydrogen-bond donors (Lipinski definition) is 2. The standard InChI is InChI=1S/C15H15ClN2O4S/c1-18(2,23(20,21)22)14-9-4-3-8-13(14)15(19)17-12-7-5-6-11(16)10-12/h3-10H,1-2H3,(H-,17,19,20,21,22)/p+1. The molecule has 122 valence electrons. The summed E-state index contributed by atoms with van der Waals surface area (Å²) in [5.41, 5.74) is 0.763. The van der Waals surface area contributed by atoms with Gasteiger partial charge in [0.2, 0.25) is 0 Å². The molecule has 0 heterocycles. The minimum atomic E-state index is -4.45. The van der Waals surface area contributed by atoms with E-state index in [1.165, 1.54) is 26.2 Å². The summed E-state index contributed by atoms with van der Waals surface area (Å²) in [5.74, 6) is -0.502. The van der Waals surface area contributed by atoms with Gasteiger partial charge in [0.15, 0.2) is 5.69 Å². The van der Waals surface area contributed by atoms with Gasteiger partial charge in [-0.15, -0.1) is 8.42 Å². The summed E-state index contributed by atoms with van der Waals surface area (Å²) in [5, 5.41) is 3.12. The molecule has 0 aliphatic heterocycles. The third-order valence-corrected chi connectivity index (χ3v) is 4.97. The number of amides is 1. The van der Waals surface area contributed by atoms with Crippen LogP contribution in [0.1, 0.15) is 10.4 Å². The predicted molar refractivity (Wildman–Crippen MR) is 91.0 cm³/mol. The largest absolute Gasteiger partial charge is 0.437 e. The van der Waals surface area contributed by atoms with E-state index in [-0.39, 0.29) is 11.3 Å². The summed E-state index contributed by atoms with van der Waals surface area (Å²) in [7, 11) is -1.90. The van der Waals surface area contributed by atoms with Crippen molar-refractivity contribution in [2.24, 2.45) is 0 Å². The molecule has 2 rings (SSSR count). The Balaban J connectivity index is 2.43. The molecule has 0 atom stereocenters. The van der Waals surface area contributed by atoms with Crippen LogP contribution in [0.5, 0.6) is 0 Å². The highest BCUT2D eigenvalue weighted by molar-refractivity contribution is 7.85. The number of quaternary nitrogens is 1. The summed E-state index contributed by atoms with van der Waals surface area (Å²) in [6, 6.07) is 12.8. The van der Waals surface area contributed by atoms with E-state index < -0.39 is 20.1 Å². The van der Waals surface area contributed by atoms with Gasteiger partial charge in [-0.1, -0.05) is 29.8 Å². The van der Waals surface area contributed by atoms with Crippen LogP contribution in [0.4, 0.5) is 11.4 Å². The van der Waals surface area contributed by atoms with E-state index in [9.17, 15) is 17.8 Å². The van der Waals surface area contributed by atoms with Crippen LogP contribution in [0.25, 0.3) is 0 Å². The van der Waals surface area contributed by atoms with Gasteiger partial charge in [0.1, 0.15) is 5.56 Å². The van der Waals surface area contributed by atoms with E-state index in [0.717, 1.165) is 0 Å². The molecule has 0 saturated heterocycles. The molecule has 2 N–H and O–H groups in total. The Morgan fingerprint density at radius 2 is 1.78 bits per heavy atom. The molecular weight excluding hydrogens is 340 g/mol. The lowest BCUT2D eigenvalue weighted by atomic mass is 10.1. The van der Waals surface area contributed by atoms with Gasteiger partial charge in [-0.2, -0.15) is 3.89 Å². The van der Waals surface area contributed by atoms with Crippen LogP contribution < -0.4 is 9.21 Å². The van der Waals surface area contributed by atoms with Crippen molar-refractivity contribution in [3.05, 3.63) is 59.1 Å². The SMILES string of the molecule is C[N+](C)(c1ccccc1C(=O)Nc1cccc(Cl)c1)S(=O)(=O)O. The first-order chi connectivity index (χ1) is 10.6. The number of anilines is 1. The Hall–Kier alpha value is -1.93. The smallest absolute Gasteiger partial charge is 0.322 e. The quantitative estimate of drug-likeness (QED) is 0.652. The van der Waals surface area contributed by atoms with Crippen molar-refractivity contribution in [3.63, 3.8) is 0 Å². The number of hydrogen-bond acceptors (Lipinski definition) is 3. The fraction of sp³-hybridized carbons (Fsp3) is 0.133. The molecule has 0 aliphatic carbocycles. The first kappa shape index (κ1) is 17.4. The Labute approximate surface area is 139 Å². The zero-order valence-electron chi connectivity index (χ0n) is 12.5. The minimum absolute atomic E-state index is 0.134. The first-order valence-electron chi connectivity index (χ1n) is 6.61. The zero-order valence-corrected chi connectivity index (χ0v) is 14.1. The van der Waals surface area contributed by atoms with Gasteiger partial charge >= 0.3 is 10.3 Å². The lowest BCUT2D eigenvalue weighted by Crippen LogP contribution is -2.47. The number of rotatable bonds is 4. The molecule has 0 bridgehead atoms. The highest BCUT2D eigenvalue weighted by Crippen LogP contribution is 2.28. The number of halogens is 1. The third kappa shape index (κ3) is 3.70. The molecule has 23 heavy (non-hydrogen) atoms. The van der Waals surface area contributed by atoms with Gasteiger partial charge in [-0.25, -0.2) is 4.55 Å². The lowest BCUT2D eigenvalue weighted by Gasteiger charge is -2.25. The molecule has 0 spiro atoms. The van der Waals surface area contributed by atoms with Gasteiger partial charge in [0.05, 0.1) is 14.1 Å². The van der Waals surface area contributed by atoms with Crippen molar-refractivity contribution in [2.45, 2.75) is 0 Å². The molecule has 0 radical (unpaired) electrons. The van der Waals surface area contributed by atoms with Gasteiger partial charge in [0.25, 0.3) is 5.91 Å². The van der Waals surface area contributed by atoms with Crippen molar-refractivity contribution in [2.75, 3.05) is 19.4 Å². The Morgan fingerprint density at radius 3 is 2.39 bits per heavy atom. The van der Waals surface area contributed by atoms with Gasteiger partial charge in [-0.3, -0.25) is 4.79 Å². The van der Waals surface area contributed by atoms with Crippen LogP contribution in [0.3, 0.4) is 0 Å². The Kier molecular flexibility index (Phi) is 4.76. The van der Waals surface area contributed by atoms with Gasteiger partial charge in [-0.05, 0) is 24.3 Å². The van der Waals surface area contributed by atoms with Crippen molar-refractivity contribution in [1.29, 1.82) is 0 Å². The molecule has 6 nitrogen and oxygen atoms in total. The van der Waals surface area contributed by atoms with Crippen molar-refractivity contribution in [1.82, 2.24) is 3.89 Å². The second-order valence-electron chi connectivity index (χ2n) is 5.28. The molecule has 0 aromatic heterocycles.